The van der Waals surface area contributed by atoms with Gasteiger partial charge in [0.05, 0.1) is 11.1 Å². The van der Waals surface area contributed by atoms with Crippen LogP contribution in [0.3, 0.4) is 0 Å². The number of amides is 1. The van der Waals surface area contributed by atoms with Gasteiger partial charge >= 0.3 is 5.97 Å². The first kappa shape index (κ1) is 13.7. The Bertz CT molecular complexity index is 468. The number of carbonyl (C=O) groups excluding carboxylic acids is 1. The van der Waals surface area contributed by atoms with E-state index in [4.69, 9.17) is 5.11 Å². The number of carboxylic acids is 1. The predicted molar refractivity (Wildman–Crippen MR) is 61.2 cm³/mol. The molecular weight excluding hydrogens is 242 g/mol. The fraction of sp³-hybridized carbons (Fsp3) is 0.400. The lowest BCUT2D eigenvalue weighted by Crippen LogP contribution is -2.33. The molecule has 0 aliphatic carbocycles. The van der Waals surface area contributed by atoms with Crippen LogP contribution in [0.25, 0.3) is 0 Å². The highest BCUT2D eigenvalue weighted by atomic mass is 16.6. The Labute approximate surface area is 102 Å². The minimum absolute atomic E-state index is 0.0493. The van der Waals surface area contributed by atoms with Gasteiger partial charge in [0.1, 0.15) is 5.69 Å². The van der Waals surface area contributed by atoms with Crippen molar-refractivity contribution in [2.75, 3.05) is 0 Å². The Morgan fingerprint density at radius 1 is 1.61 bits per heavy atom. The third-order valence-corrected chi connectivity index (χ3v) is 2.29. The zero-order valence-corrected chi connectivity index (χ0v) is 9.67. The number of rotatable bonds is 6. The fourth-order valence-corrected chi connectivity index (χ4v) is 1.33. The van der Waals surface area contributed by atoms with E-state index in [0.717, 1.165) is 12.3 Å². The zero-order chi connectivity index (χ0) is 13.7. The monoisotopic (exact) mass is 255 g/mol. The number of nitrogens with one attached hydrogen (secondary N) is 2. The van der Waals surface area contributed by atoms with Crippen molar-refractivity contribution in [3.05, 3.63) is 28.1 Å². The summed E-state index contributed by atoms with van der Waals surface area (Å²) in [6, 6.07) is 0.801. The zero-order valence-electron chi connectivity index (χ0n) is 9.67. The maximum absolute atomic E-state index is 11.6. The van der Waals surface area contributed by atoms with E-state index in [0.29, 0.717) is 6.42 Å². The molecule has 98 valence electrons. The number of aliphatic carboxylic acids is 1. The lowest BCUT2D eigenvalue weighted by molar-refractivity contribution is -0.384. The van der Waals surface area contributed by atoms with Crippen molar-refractivity contribution in [2.45, 2.75) is 25.8 Å². The molecule has 3 N–H and O–H groups in total. The summed E-state index contributed by atoms with van der Waals surface area (Å²) >= 11 is 0. The standard InChI is InChI=1S/C10H13N3O5/c1-6(2-3-9(14)15)12-10(16)8-4-7(5-11-8)13(17)18/h4-6,11H,2-3H2,1H3,(H,12,16)(H,14,15). The van der Waals surface area contributed by atoms with Crippen molar-refractivity contribution < 1.29 is 19.6 Å². The second-order valence-corrected chi connectivity index (χ2v) is 3.84. The minimum Gasteiger partial charge on any atom is -0.481 e. The smallest absolute Gasteiger partial charge is 0.303 e. The summed E-state index contributed by atoms with van der Waals surface area (Å²) in [5.74, 6) is -1.44. The molecule has 1 heterocycles. The number of carbonyl (C=O) groups is 2. The molecule has 0 radical (unpaired) electrons. The molecule has 1 rings (SSSR count). The van der Waals surface area contributed by atoms with E-state index in [1.807, 2.05) is 0 Å². The summed E-state index contributed by atoms with van der Waals surface area (Å²) in [7, 11) is 0. The van der Waals surface area contributed by atoms with Crippen LogP contribution in [-0.4, -0.2) is 32.9 Å². The van der Waals surface area contributed by atoms with Crippen molar-refractivity contribution in [3.8, 4) is 0 Å². The van der Waals surface area contributed by atoms with Gasteiger partial charge in [0.15, 0.2) is 0 Å². The molecule has 0 fully saturated rings. The van der Waals surface area contributed by atoms with Crippen molar-refractivity contribution in [1.29, 1.82) is 0 Å². The highest BCUT2D eigenvalue weighted by molar-refractivity contribution is 5.93. The Balaban J connectivity index is 2.53. The van der Waals surface area contributed by atoms with Gasteiger partial charge in [0.2, 0.25) is 0 Å². The Kier molecular flexibility index (Phi) is 4.41. The molecule has 0 bridgehead atoms. The van der Waals surface area contributed by atoms with Gasteiger partial charge in [-0.25, -0.2) is 0 Å². The molecule has 0 saturated carbocycles. The minimum atomic E-state index is -0.938. The summed E-state index contributed by atoms with van der Waals surface area (Å²) in [5, 5.41) is 21.5. The third-order valence-electron chi connectivity index (χ3n) is 2.29. The number of hydrogen-bond acceptors (Lipinski definition) is 4. The van der Waals surface area contributed by atoms with Crippen LogP contribution in [0.1, 0.15) is 30.3 Å². The van der Waals surface area contributed by atoms with E-state index in [9.17, 15) is 19.7 Å². The van der Waals surface area contributed by atoms with E-state index in [1.54, 1.807) is 6.92 Å². The molecule has 8 heteroatoms. The van der Waals surface area contributed by atoms with Crippen LogP contribution in [0.5, 0.6) is 0 Å². The largest absolute Gasteiger partial charge is 0.481 e. The summed E-state index contributed by atoms with van der Waals surface area (Å²) < 4.78 is 0. The molecule has 0 aromatic carbocycles. The lowest BCUT2D eigenvalue weighted by Gasteiger charge is -2.11. The van der Waals surface area contributed by atoms with Gasteiger partial charge in [-0.15, -0.1) is 0 Å². The molecule has 1 atom stereocenters. The normalized spacial score (nSPS) is 11.8. The summed E-state index contributed by atoms with van der Waals surface area (Å²) in [4.78, 5) is 34.3. The van der Waals surface area contributed by atoms with Gasteiger partial charge in [0, 0.05) is 18.5 Å². The fourth-order valence-electron chi connectivity index (χ4n) is 1.33. The maximum Gasteiger partial charge on any atom is 0.303 e. The molecule has 18 heavy (non-hydrogen) atoms. The molecule has 1 unspecified atom stereocenters. The van der Waals surface area contributed by atoms with Crippen LogP contribution in [0.2, 0.25) is 0 Å². The number of nitro groups is 1. The Morgan fingerprint density at radius 3 is 2.78 bits per heavy atom. The van der Waals surface area contributed by atoms with E-state index in [1.165, 1.54) is 0 Å². The van der Waals surface area contributed by atoms with E-state index < -0.39 is 16.8 Å². The van der Waals surface area contributed by atoms with Crippen molar-refractivity contribution in [3.63, 3.8) is 0 Å². The van der Waals surface area contributed by atoms with Gasteiger partial charge in [-0.1, -0.05) is 0 Å². The van der Waals surface area contributed by atoms with Crippen LogP contribution in [0.15, 0.2) is 12.3 Å². The van der Waals surface area contributed by atoms with Gasteiger partial charge in [-0.3, -0.25) is 19.7 Å². The molecule has 0 saturated heterocycles. The second kappa shape index (κ2) is 5.80. The van der Waals surface area contributed by atoms with E-state index >= 15 is 0 Å². The number of aromatic nitrogens is 1. The number of aromatic amines is 1. The molecule has 0 aliphatic heterocycles. The number of hydrogen-bond donors (Lipinski definition) is 3. The lowest BCUT2D eigenvalue weighted by atomic mass is 10.2. The number of nitrogens with zero attached hydrogens (tertiary/aromatic N) is 1. The first-order valence-corrected chi connectivity index (χ1v) is 5.25. The molecule has 8 nitrogen and oxygen atoms in total. The van der Waals surface area contributed by atoms with Crippen LogP contribution in [-0.2, 0) is 4.79 Å². The topological polar surface area (TPSA) is 125 Å². The summed E-state index contributed by atoms with van der Waals surface area (Å²) in [6.45, 7) is 1.66. The Hall–Kier alpha value is -2.38. The average molecular weight is 255 g/mol. The van der Waals surface area contributed by atoms with Gasteiger partial charge in [-0.05, 0) is 13.3 Å². The van der Waals surface area contributed by atoms with Crippen molar-refractivity contribution >= 4 is 17.6 Å². The quantitative estimate of drug-likeness (QED) is 0.514. The van der Waals surface area contributed by atoms with Gasteiger partial charge in [0.25, 0.3) is 11.6 Å². The molecule has 1 aromatic rings. The summed E-state index contributed by atoms with van der Waals surface area (Å²) in [5.41, 5.74) is -0.123. The SMILES string of the molecule is CC(CCC(=O)O)NC(=O)c1cc([N+](=O)[O-])c[nH]1. The Morgan fingerprint density at radius 2 is 2.28 bits per heavy atom. The third kappa shape index (κ3) is 3.89. The van der Waals surface area contributed by atoms with Crippen LogP contribution in [0.4, 0.5) is 5.69 Å². The van der Waals surface area contributed by atoms with E-state index in [-0.39, 0.29) is 23.8 Å². The maximum atomic E-state index is 11.6. The number of H-pyrrole nitrogens is 1. The van der Waals surface area contributed by atoms with Crippen LogP contribution < -0.4 is 5.32 Å². The van der Waals surface area contributed by atoms with Crippen molar-refractivity contribution in [1.82, 2.24) is 10.3 Å². The van der Waals surface area contributed by atoms with E-state index in [2.05, 4.69) is 10.3 Å². The predicted octanol–water partition coefficient (Wildman–Crippen LogP) is 0.906. The second-order valence-electron chi connectivity index (χ2n) is 3.84. The average Bonchev–Trinajstić information content (AvgIpc) is 2.75. The van der Waals surface area contributed by atoms with Crippen LogP contribution in [0, 0.1) is 10.1 Å². The summed E-state index contributed by atoms with van der Waals surface area (Å²) in [6.07, 6.45) is 1.37. The molecule has 0 aliphatic rings. The first-order valence-electron chi connectivity index (χ1n) is 5.25. The van der Waals surface area contributed by atoms with Crippen molar-refractivity contribution in [2.24, 2.45) is 0 Å². The highest BCUT2D eigenvalue weighted by Crippen LogP contribution is 2.12. The van der Waals surface area contributed by atoms with Gasteiger partial charge < -0.3 is 15.4 Å². The first-order chi connectivity index (χ1) is 8.40. The molecule has 1 amide bonds. The highest BCUT2D eigenvalue weighted by Gasteiger charge is 2.16. The van der Waals surface area contributed by atoms with Gasteiger partial charge in [-0.2, -0.15) is 0 Å². The molecular formula is C10H13N3O5. The molecule has 0 spiro atoms. The molecule has 1 aromatic heterocycles. The van der Waals surface area contributed by atoms with Crippen LogP contribution >= 0.6 is 0 Å². The number of carboxylic acid groups (broad SMARTS) is 1.